The van der Waals surface area contributed by atoms with E-state index in [-0.39, 0.29) is 11.9 Å². The van der Waals surface area contributed by atoms with Gasteiger partial charge in [0, 0.05) is 12.1 Å². The summed E-state index contributed by atoms with van der Waals surface area (Å²) in [7, 11) is 1.85. The summed E-state index contributed by atoms with van der Waals surface area (Å²) < 4.78 is 0. The molecule has 0 saturated carbocycles. The molecule has 18 heavy (non-hydrogen) atoms. The fourth-order valence-electron chi connectivity index (χ4n) is 2.57. The molecule has 1 amide bonds. The van der Waals surface area contributed by atoms with Gasteiger partial charge in [-0.2, -0.15) is 0 Å². The molecule has 1 aliphatic heterocycles. The highest BCUT2D eigenvalue weighted by atomic mass is 16.2. The number of likely N-dealkylation sites (N-methyl/N-ethyl adjacent to an activating group) is 1. The summed E-state index contributed by atoms with van der Waals surface area (Å²) >= 11 is 0. The van der Waals surface area contributed by atoms with Crippen molar-refractivity contribution in [2.75, 3.05) is 18.5 Å². The number of nitrogens with zero attached hydrogens (tertiary/aromatic N) is 1. The van der Waals surface area contributed by atoms with Crippen molar-refractivity contribution in [1.29, 1.82) is 0 Å². The van der Waals surface area contributed by atoms with E-state index in [0.29, 0.717) is 5.92 Å². The number of rotatable bonds is 4. The summed E-state index contributed by atoms with van der Waals surface area (Å²) in [6, 6.07) is 5.98. The summed E-state index contributed by atoms with van der Waals surface area (Å²) in [4.78, 5) is 14.4. The third-order valence-electron chi connectivity index (χ3n) is 3.58. The minimum atomic E-state index is -0.174. The Kier molecular flexibility index (Phi) is 3.71. The van der Waals surface area contributed by atoms with Crippen LogP contribution < -0.4 is 10.2 Å². The van der Waals surface area contributed by atoms with E-state index in [4.69, 9.17) is 0 Å². The lowest BCUT2D eigenvalue weighted by Crippen LogP contribution is -2.34. The lowest BCUT2D eigenvalue weighted by atomic mass is 10.1. The van der Waals surface area contributed by atoms with Crippen molar-refractivity contribution >= 4 is 11.6 Å². The second-order valence-corrected chi connectivity index (χ2v) is 5.41. The largest absolute Gasteiger partial charge is 0.310 e. The van der Waals surface area contributed by atoms with Gasteiger partial charge in [-0.1, -0.05) is 32.0 Å². The van der Waals surface area contributed by atoms with Crippen LogP contribution >= 0.6 is 0 Å². The van der Waals surface area contributed by atoms with Crippen molar-refractivity contribution in [1.82, 2.24) is 5.32 Å². The third-order valence-corrected chi connectivity index (χ3v) is 3.58. The number of fused-ring (bicyclic) bond motifs is 1. The number of hydrogen-bond donors (Lipinski definition) is 1. The third kappa shape index (κ3) is 2.15. The van der Waals surface area contributed by atoms with Gasteiger partial charge in [0.2, 0.25) is 5.91 Å². The van der Waals surface area contributed by atoms with E-state index < -0.39 is 0 Å². The topological polar surface area (TPSA) is 32.3 Å². The summed E-state index contributed by atoms with van der Waals surface area (Å²) in [6.07, 6.45) is 1.04. The van der Waals surface area contributed by atoms with Gasteiger partial charge in [0.1, 0.15) is 6.04 Å². The van der Waals surface area contributed by atoms with Gasteiger partial charge in [0.25, 0.3) is 0 Å². The first kappa shape index (κ1) is 13.1. The maximum Gasteiger partial charge on any atom is 0.248 e. The number of benzene rings is 1. The number of para-hydroxylation sites is 1. The Morgan fingerprint density at radius 1 is 1.39 bits per heavy atom. The highest BCUT2D eigenvalue weighted by Crippen LogP contribution is 2.38. The Morgan fingerprint density at radius 3 is 2.72 bits per heavy atom. The van der Waals surface area contributed by atoms with Crippen LogP contribution in [0.3, 0.4) is 0 Å². The van der Waals surface area contributed by atoms with Crippen LogP contribution in [-0.2, 0) is 4.79 Å². The summed E-state index contributed by atoms with van der Waals surface area (Å²) in [6.45, 7) is 7.27. The summed E-state index contributed by atoms with van der Waals surface area (Å²) in [5.74, 6) is 0.793. The van der Waals surface area contributed by atoms with E-state index in [0.717, 1.165) is 24.2 Å². The van der Waals surface area contributed by atoms with Crippen LogP contribution in [0.1, 0.15) is 37.4 Å². The summed E-state index contributed by atoms with van der Waals surface area (Å²) in [5, 5.41) is 3.12. The van der Waals surface area contributed by atoms with Crippen LogP contribution in [0.15, 0.2) is 18.2 Å². The molecule has 0 spiro atoms. The van der Waals surface area contributed by atoms with E-state index in [9.17, 15) is 4.79 Å². The van der Waals surface area contributed by atoms with Gasteiger partial charge in [-0.15, -0.1) is 0 Å². The van der Waals surface area contributed by atoms with Gasteiger partial charge in [-0.3, -0.25) is 4.79 Å². The van der Waals surface area contributed by atoms with Gasteiger partial charge in [0.15, 0.2) is 0 Å². The number of amides is 1. The number of nitrogens with one attached hydrogen (secondary N) is 1. The normalized spacial score (nSPS) is 18.6. The SMILES string of the molecule is CNC1C(=O)N(CCC(C)C)c2c(C)cccc21. The molecule has 3 heteroatoms. The molecular formula is C15H22N2O. The number of aryl methyl sites for hydroxylation is 1. The fourth-order valence-corrected chi connectivity index (χ4v) is 2.57. The number of carbonyl (C=O) groups excluding carboxylic acids is 1. The molecule has 3 nitrogen and oxygen atoms in total. The van der Waals surface area contributed by atoms with E-state index in [1.165, 1.54) is 5.56 Å². The van der Waals surface area contributed by atoms with Gasteiger partial charge < -0.3 is 10.2 Å². The minimum Gasteiger partial charge on any atom is -0.310 e. The maximum atomic E-state index is 12.4. The van der Waals surface area contributed by atoms with Crippen molar-refractivity contribution in [3.05, 3.63) is 29.3 Å². The van der Waals surface area contributed by atoms with Gasteiger partial charge in [0.05, 0.1) is 5.69 Å². The zero-order chi connectivity index (χ0) is 13.3. The number of hydrogen-bond acceptors (Lipinski definition) is 2. The molecule has 0 radical (unpaired) electrons. The van der Waals surface area contributed by atoms with Crippen molar-refractivity contribution in [3.63, 3.8) is 0 Å². The highest BCUT2D eigenvalue weighted by Gasteiger charge is 2.36. The van der Waals surface area contributed by atoms with Gasteiger partial charge in [-0.05, 0) is 31.9 Å². The Bertz CT molecular complexity index is 454. The van der Waals surface area contributed by atoms with E-state index >= 15 is 0 Å². The molecule has 1 N–H and O–H groups in total. The molecular weight excluding hydrogens is 224 g/mol. The van der Waals surface area contributed by atoms with Crippen LogP contribution in [0.4, 0.5) is 5.69 Å². The molecule has 0 bridgehead atoms. The molecule has 1 unspecified atom stereocenters. The smallest absolute Gasteiger partial charge is 0.248 e. The Morgan fingerprint density at radius 2 is 2.11 bits per heavy atom. The molecule has 1 heterocycles. The molecule has 2 rings (SSSR count). The predicted molar refractivity (Wildman–Crippen MR) is 74.8 cm³/mol. The van der Waals surface area contributed by atoms with Crippen molar-refractivity contribution < 1.29 is 4.79 Å². The molecule has 98 valence electrons. The lowest BCUT2D eigenvalue weighted by Gasteiger charge is -2.20. The van der Waals surface area contributed by atoms with E-state index in [1.54, 1.807) is 0 Å². The lowest BCUT2D eigenvalue weighted by molar-refractivity contribution is -0.119. The van der Waals surface area contributed by atoms with Gasteiger partial charge >= 0.3 is 0 Å². The summed E-state index contributed by atoms with van der Waals surface area (Å²) in [5.41, 5.74) is 3.41. The first-order chi connectivity index (χ1) is 8.56. The van der Waals surface area contributed by atoms with Crippen LogP contribution in [0.25, 0.3) is 0 Å². The van der Waals surface area contributed by atoms with Gasteiger partial charge in [-0.25, -0.2) is 0 Å². The van der Waals surface area contributed by atoms with Crippen LogP contribution in [0, 0.1) is 12.8 Å². The quantitative estimate of drug-likeness (QED) is 0.885. The molecule has 0 aliphatic carbocycles. The second-order valence-electron chi connectivity index (χ2n) is 5.41. The van der Waals surface area contributed by atoms with Crippen LogP contribution in [-0.4, -0.2) is 19.5 Å². The second kappa shape index (κ2) is 5.11. The van der Waals surface area contributed by atoms with Crippen LogP contribution in [0.5, 0.6) is 0 Å². The fraction of sp³-hybridized carbons (Fsp3) is 0.533. The number of carbonyl (C=O) groups is 1. The Balaban J connectivity index is 2.35. The Labute approximate surface area is 109 Å². The first-order valence-corrected chi connectivity index (χ1v) is 6.64. The number of anilines is 1. The average molecular weight is 246 g/mol. The molecule has 1 aliphatic rings. The molecule has 0 aromatic heterocycles. The van der Waals surface area contributed by atoms with E-state index in [2.05, 4.69) is 38.2 Å². The molecule has 1 aromatic carbocycles. The highest BCUT2D eigenvalue weighted by molar-refractivity contribution is 6.05. The predicted octanol–water partition coefficient (Wildman–Crippen LogP) is 2.65. The van der Waals surface area contributed by atoms with E-state index in [1.807, 2.05) is 18.0 Å². The zero-order valence-electron chi connectivity index (χ0n) is 11.7. The molecule has 1 aromatic rings. The van der Waals surface area contributed by atoms with Crippen molar-refractivity contribution in [2.45, 2.75) is 33.2 Å². The first-order valence-electron chi connectivity index (χ1n) is 6.64. The van der Waals surface area contributed by atoms with Crippen molar-refractivity contribution in [2.24, 2.45) is 5.92 Å². The Hall–Kier alpha value is -1.35. The maximum absolute atomic E-state index is 12.4. The molecule has 0 fully saturated rings. The molecule has 0 saturated heterocycles. The standard InChI is InChI=1S/C15H22N2O/c1-10(2)8-9-17-14-11(3)6-5-7-12(14)13(16-4)15(17)18/h5-7,10,13,16H,8-9H2,1-4H3. The van der Waals surface area contributed by atoms with Crippen LogP contribution in [0.2, 0.25) is 0 Å². The monoisotopic (exact) mass is 246 g/mol. The minimum absolute atomic E-state index is 0.174. The zero-order valence-corrected chi connectivity index (χ0v) is 11.7. The van der Waals surface area contributed by atoms with Crippen molar-refractivity contribution in [3.8, 4) is 0 Å². The molecule has 1 atom stereocenters. The average Bonchev–Trinajstić information content (AvgIpc) is 2.59.